The van der Waals surface area contributed by atoms with E-state index in [-0.39, 0.29) is 11.8 Å². The summed E-state index contributed by atoms with van der Waals surface area (Å²) in [7, 11) is 1.69. The quantitative estimate of drug-likeness (QED) is 0.901. The Hall–Kier alpha value is -1.10. The third-order valence-electron chi connectivity index (χ3n) is 4.19. The average Bonchev–Trinajstić information content (AvgIpc) is 2.53. The standard InChI is InChI=1S/C16H24ClN3O/c1-3-19-8-10-20(11-9-19)12-15(16(21)18-2)13-4-6-14(17)7-5-13/h4-7,15H,3,8-12H2,1-2H3,(H,18,21)/t15-/m1/s1. The van der Waals surface area contributed by atoms with E-state index in [2.05, 4.69) is 22.0 Å². The third kappa shape index (κ3) is 4.43. The zero-order valence-electron chi connectivity index (χ0n) is 12.8. The van der Waals surface area contributed by atoms with Gasteiger partial charge in [0, 0.05) is 44.8 Å². The molecule has 5 heteroatoms. The largest absolute Gasteiger partial charge is 0.359 e. The summed E-state index contributed by atoms with van der Waals surface area (Å²) in [4.78, 5) is 17.0. The van der Waals surface area contributed by atoms with E-state index < -0.39 is 0 Å². The number of nitrogens with one attached hydrogen (secondary N) is 1. The summed E-state index contributed by atoms with van der Waals surface area (Å²) in [6.07, 6.45) is 0. The van der Waals surface area contributed by atoms with Gasteiger partial charge in [-0.25, -0.2) is 0 Å². The Kier molecular flexibility index (Phi) is 6.03. The fourth-order valence-electron chi connectivity index (χ4n) is 2.76. The Morgan fingerprint density at radius 2 is 1.76 bits per heavy atom. The maximum absolute atomic E-state index is 12.2. The van der Waals surface area contributed by atoms with E-state index >= 15 is 0 Å². The van der Waals surface area contributed by atoms with Crippen LogP contribution in [0, 0.1) is 0 Å². The summed E-state index contributed by atoms with van der Waals surface area (Å²) in [5, 5.41) is 3.48. The summed E-state index contributed by atoms with van der Waals surface area (Å²) in [6.45, 7) is 8.26. The van der Waals surface area contributed by atoms with Crippen LogP contribution in [0.2, 0.25) is 5.02 Å². The molecule has 1 atom stereocenters. The molecule has 1 aromatic rings. The van der Waals surface area contributed by atoms with Gasteiger partial charge in [0.2, 0.25) is 5.91 Å². The lowest BCUT2D eigenvalue weighted by molar-refractivity contribution is -0.122. The first kappa shape index (κ1) is 16.3. The number of piperazine rings is 1. The molecule has 1 N–H and O–H groups in total. The molecule has 0 bridgehead atoms. The number of hydrogen-bond donors (Lipinski definition) is 1. The van der Waals surface area contributed by atoms with E-state index in [1.807, 2.05) is 24.3 Å². The van der Waals surface area contributed by atoms with Gasteiger partial charge in [0.05, 0.1) is 5.92 Å². The summed E-state index contributed by atoms with van der Waals surface area (Å²) in [5.41, 5.74) is 1.02. The van der Waals surface area contributed by atoms with Gasteiger partial charge < -0.3 is 10.2 Å². The second-order valence-electron chi connectivity index (χ2n) is 5.45. The number of carbonyl (C=O) groups is 1. The van der Waals surface area contributed by atoms with Crippen LogP contribution in [0.5, 0.6) is 0 Å². The van der Waals surface area contributed by atoms with Crippen molar-refractivity contribution in [2.24, 2.45) is 0 Å². The Bertz CT molecular complexity index is 455. The monoisotopic (exact) mass is 309 g/mol. The van der Waals surface area contributed by atoms with E-state index in [1.54, 1.807) is 7.05 Å². The van der Waals surface area contributed by atoms with Gasteiger partial charge in [-0.1, -0.05) is 30.7 Å². The highest BCUT2D eigenvalue weighted by molar-refractivity contribution is 6.30. The molecule has 1 heterocycles. The van der Waals surface area contributed by atoms with Gasteiger partial charge in [-0.05, 0) is 24.2 Å². The molecule has 1 aliphatic rings. The number of hydrogen-bond acceptors (Lipinski definition) is 3. The summed E-state index contributed by atoms with van der Waals surface area (Å²) in [6, 6.07) is 7.60. The van der Waals surface area contributed by atoms with Crippen molar-refractivity contribution in [1.82, 2.24) is 15.1 Å². The van der Waals surface area contributed by atoms with Gasteiger partial charge in [-0.3, -0.25) is 9.69 Å². The second-order valence-corrected chi connectivity index (χ2v) is 5.89. The van der Waals surface area contributed by atoms with Crippen LogP contribution in [0.3, 0.4) is 0 Å². The van der Waals surface area contributed by atoms with E-state index in [1.165, 1.54) is 0 Å². The zero-order valence-corrected chi connectivity index (χ0v) is 13.6. The average molecular weight is 310 g/mol. The van der Waals surface area contributed by atoms with Crippen LogP contribution in [0.1, 0.15) is 18.4 Å². The highest BCUT2D eigenvalue weighted by Gasteiger charge is 2.24. The molecule has 21 heavy (non-hydrogen) atoms. The Balaban J connectivity index is 2.04. The molecule has 1 fully saturated rings. The number of amides is 1. The molecular formula is C16H24ClN3O. The van der Waals surface area contributed by atoms with Crippen LogP contribution in [-0.4, -0.2) is 62.0 Å². The molecule has 0 radical (unpaired) electrons. The van der Waals surface area contributed by atoms with Crippen molar-refractivity contribution in [3.8, 4) is 0 Å². The molecule has 1 aliphatic heterocycles. The van der Waals surface area contributed by atoms with E-state index in [9.17, 15) is 4.79 Å². The number of nitrogens with zero attached hydrogens (tertiary/aromatic N) is 2. The minimum Gasteiger partial charge on any atom is -0.359 e. The van der Waals surface area contributed by atoms with Gasteiger partial charge in [0.15, 0.2) is 0 Å². The molecule has 0 unspecified atom stereocenters. The van der Waals surface area contributed by atoms with Crippen molar-refractivity contribution in [3.05, 3.63) is 34.9 Å². The van der Waals surface area contributed by atoms with Crippen LogP contribution < -0.4 is 5.32 Å². The first-order chi connectivity index (χ1) is 10.1. The minimum atomic E-state index is -0.138. The molecular weight excluding hydrogens is 286 g/mol. The van der Waals surface area contributed by atoms with Crippen molar-refractivity contribution >= 4 is 17.5 Å². The molecule has 1 amide bonds. The molecule has 2 rings (SSSR count). The molecule has 116 valence electrons. The van der Waals surface area contributed by atoms with E-state index in [0.29, 0.717) is 5.02 Å². The van der Waals surface area contributed by atoms with Crippen molar-refractivity contribution in [2.75, 3.05) is 46.3 Å². The molecule has 0 spiro atoms. The van der Waals surface area contributed by atoms with Gasteiger partial charge >= 0.3 is 0 Å². The highest BCUT2D eigenvalue weighted by Crippen LogP contribution is 2.21. The lowest BCUT2D eigenvalue weighted by Crippen LogP contribution is -2.48. The predicted molar refractivity (Wildman–Crippen MR) is 86.8 cm³/mol. The molecule has 0 aromatic heterocycles. The first-order valence-corrected chi connectivity index (χ1v) is 7.93. The Morgan fingerprint density at radius 3 is 2.29 bits per heavy atom. The van der Waals surface area contributed by atoms with Crippen LogP contribution in [0.15, 0.2) is 24.3 Å². The number of likely N-dealkylation sites (N-methyl/N-ethyl adjacent to an activating group) is 2. The van der Waals surface area contributed by atoms with Crippen molar-refractivity contribution in [1.29, 1.82) is 0 Å². The lowest BCUT2D eigenvalue weighted by Gasteiger charge is -2.35. The molecule has 4 nitrogen and oxygen atoms in total. The van der Waals surface area contributed by atoms with Gasteiger partial charge in [-0.15, -0.1) is 0 Å². The van der Waals surface area contributed by atoms with Crippen LogP contribution >= 0.6 is 11.6 Å². The predicted octanol–water partition coefficient (Wildman–Crippen LogP) is 1.81. The number of carbonyl (C=O) groups excluding carboxylic acids is 1. The first-order valence-electron chi connectivity index (χ1n) is 7.55. The molecule has 0 aliphatic carbocycles. The zero-order chi connectivity index (χ0) is 15.2. The molecule has 1 saturated heterocycles. The lowest BCUT2D eigenvalue weighted by atomic mass is 9.97. The van der Waals surface area contributed by atoms with E-state index in [0.717, 1.165) is 44.8 Å². The van der Waals surface area contributed by atoms with Crippen LogP contribution in [0.4, 0.5) is 0 Å². The Labute approximate surface area is 132 Å². The van der Waals surface area contributed by atoms with Crippen molar-refractivity contribution in [2.45, 2.75) is 12.8 Å². The normalized spacial score (nSPS) is 18.4. The maximum Gasteiger partial charge on any atom is 0.228 e. The summed E-state index contributed by atoms with van der Waals surface area (Å²) >= 11 is 5.94. The number of halogens is 1. The number of rotatable bonds is 5. The van der Waals surface area contributed by atoms with Crippen molar-refractivity contribution < 1.29 is 4.79 Å². The molecule has 0 saturated carbocycles. The topological polar surface area (TPSA) is 35.6 Å². The Morgan fingerprint density at radius 1 is 1.19 bits per heavy atom. The highest BCUT2D eigenvalue weighted by atomic mass is 35.5. The smallest absolute Gasteiger partial charge is 0.228 e. The fourth-order valence-corrected chi connectivity index (χ4v) is 2.88. The maximum atomic E-state index is 12.2. The van der Waals surface area contributed by atoms with Gasteiger partial charge in [0.25, 0.3) is 0 Å². The van der Waals surface area contributed by atoms with Gasteiger partial charge in [0.1, 0.15) is 0 Å². The number of benzene rings is 1. The second kappa shape index (κ2) is 7.78. The minimum absolute atomic E-state index is 0.0650. The fraction of sp³-hybridized carbons (Fsp3) is 0.562. The van der Waals surface area contributed by atoms with Crippen molar-refractivity contribution in [3.63, 3.8) is 0 Å². The summed E-state index contributed by atoms with van der Waals surface area (Å²) < 4.78 is 0. The third-order valence-corrected chi connectivity index (χ3v) is 4.44. The van der Waals surface area contributed by atoms with E-state index in [4.69, 9.17) is 11.6 Å². The van der Waals surface area contributed by atoms with Crippen LogP contribution in [0.25, 0.3) is 0 Å². The SMILES string of the molecule is CCN1CCN(C[C@@H](C(=O)NC)c2ccc(Cl)cc2)CC1. The van der Waals surface area contributed by atoms with Gasteiger partial charge in [-0.2, -0.15) is 0 Å². The molecule has 1 aromatic carbocycles. The van der Waals surface area contributed by atoms with Crippen LogP contribution in [-0.2, 0) is 4.79 Å². The summed E-state index contributed by atoms with van der Waals surface area (Å²) in [5.74, 6) is -0.0734.